The first-order valence-corrected chi connectivity index (χ1v) is 10.6. The van der Waals surface area contributed by atoms with Crippen LogP contribution in [0.15, 0.2) is 71.7 Å². The molecule has 1 heterocycles. The Morgan fingerprint density at radius 2 is 1.70 bits per heavy atom. The van der Waals surface area contributed by atoms with Crippen LogP contribution in [0.4, 0.5) is 11.4 Å². The molecular formula is C25H25ClN2O2. The lowest BCUT2D eigenvalue weighted by Gasteiger charge is -2.29. The van der Waals surface area contributed by atoms with Crippen LogP contribution in [-0.2, 0) is 0 Å². The van der Waals surface area contributed by atoms with Crippen molar-refractivity contribution in [1.29, 1.82) is 0 Å². The molecule has 1 fully saturated rings. The van der Waals surface area contributed by atoms with E-state index in [-0.39, 0.29) is 0 Å². The summed E-state index contributed by atoms with van der Waals surface area (Å²) >= 11 is 6.00. The van der Waals surface area contributed by atoms with Gasteiger partial charge in [-0.15, -0.1) is 0 Å². The maximum absolute atomic E-state index is 6.00. The Morgan fingerprint density at radius 3 is 2.43 bits per heavy atom. The standard InChI is InChI=1S/C25H25ClN2O2/c1-29-25-17-22(28-14-3-2-4-15-28)11-8-19(25)18-27-21-9-12-23(13-10-21)30-24-7-5-6-20(26)16-24/h5-13,16-18H,2-4,14-15H2,1H3. The third kappa shape index (κ3) is 5.14. The molecule has 0 unspecified atom stereocenters. The molecule has 5 heteroatoms. The van der Waals surface area contributed by atoms with Crippen LogP contribution in [0.1, 0.15) is 24.8 Å². The highest BCUT2D eigenvalue weighted by molar-refractivity contribution is 6.30. The number of hydrogen-bond acceptors (Lipinski definition) is 4. The number of hydrogen-bond donors (Lipinski definition) is 0. The Kier molecular flexibility index (Phi) is 6.55. The maximum Gasteiger partial charge on any atom is 0.129 e. The predicted octanol–water partition coefficient (Wildman–Crippen LogP) is 6.88. The molecule has 0 aromatic heterocycles. The minimum Gasteiger partial charge on any atom is -0.496 e. The molecule has 0 N–H and O–H groups in total. The summed E-state index contributed by atoms with van der Waals surface area (Å²) in [5.41, 5.74) is 3.01. The van der Waals surface area contributed by atoms with Crippen molar-refractivity contribution >= 4 is 29.2 Å². The minimum absolute atomic E-state index is 0.647. The van der Waals surface area contributed by atoms with Crippen molar-refractivity contribution < 1.29 is 9.47 Å². The van der Waals surface area contributed by atoms with Crippen LogP contribution >= 0.6 is 11.6 Å². The summed E-state index contributed by atoms with van der Waals surface area (Å²) in [5, 5.41) is 0.647. The van der Waals surface area contributed by atoms with E-state index in [0.29, 0.717) is 10.8 Å². The van der Waals surface area contributed by atoms with Crippen LogP contribution in [0.5, 0.6) is 17.2 Å². The molecule has 4 rings (SSSR count). The minimum atomic E-state index is 0.647. The molecule has 4 nitrogen and oxygen atoms in total. The molecule has 0 aliphatic carbocycles. The number of anilines is 1. The lowest BCUT2D eigenvalue weighted by Crippen LogP contribution is -2.29. The molecule has 1 aliphatic rings. The van der Waals surface area contributed by atoms with Gasteiger partial charge in [-0.3, -0.25) is 4.99 Å². The molecule has 1 saturated heterocycles. The molecule has 1 aliphatic heterocycles. The second kappa shape index (κ2) is 9.68. The van der Waals surface area contributed by atoms with Crippen molar-refractivity contribution in [2.24, 2.45) is 4.99 Å². The van der Waals surface area contributed by atoms with Gasteiger partial charge in [0.15, 0.2) is 0 Å². The van der Waals surface area contributed by atoms with E-state index in [1.807, 2.05) is 48.7 Å². The molecular weight excluding hydrogens is 396 g/mol. The Labute approximate surface area is 182 Å². The maximum atomic E-state index is 6.00. The van der Waals surface area contributed by atoms with Gasteiger partial charge in [0, 0.05) is 41.6 Å². The zero-order chi connectivity index (χ0) is 20.8. The van der Waals surface area contributed by atoms with Crippen molar-refractivity contribution in [3.63, 3.8) is 0 Å². The third-order valence-electron chi connectivity index (χ3n) is 5.16. The van der Waals surface area contributed by atoms with Crippen molar-refractivity contribution in [2.75, 3.05) is 25.1 Å². The van der Waals surface area contributed by atoms with Crippen molar-refractivity contribution in [3.05, 3.63) is 77.3 Å². The fraction of sp³-hybridized carbons (Fsp3) is 0.240. The number of halogens is 1. The molecule has 0 amide bonds. The number of nitrogens with zero attached hydrogens (tertiary/aromatic N) is 2. The van der Waals surface area contributed by atoms with Gasteiger partial charge in [-0.1, -0.05) is 17.7 Å². The van der Waals surface area contributed by atoms with Crippen LogP contribution in [0.25, 0.3) is 0 Å². The molecule has 30 heavy (non-hydrogen) atoms. The number of piperidine rings is 1. The average Bonchev–Trinajstić information content (AvgIpc) is 2.79. The fourth-order valence-electron chi connectivity index (χ4n) is 3.57. The normalized spacial score (nSPS) is 14.1. The quantitative estimate of drug-likeness (QED) is 0.407. The van der Waals surface area contributed by atoms with Gasteiger partial charge in [-0.2, -0.15) is 0 Å². The summed E-state index contributed by atoms with van der Waals surface area (Å²) in [6.07, 6.45) is 5.66. The first kappa shape index (κ1) is 20.3. The number of benzene rings is 3. The molecule has 3 aromatic rings. The SMILES string of the molecule is COc1cc(N2CCCCC2)ccc1C=Nc1ccc(Oc2cccc(Cl)c2)cc1. The monoisotopic (exact) mass is 420 g/mol. The van der Waals surface area contributed by atoms with Crippen LogP contribution < -0.4 is 14.4 Å². The summed E-state index contributed by atoms with van der Waals surface area (Å²) < 4.78 is 11.4. The van der Waals surface area contributed by atoms with Crippen molar-refractivity contribution in [3.8, 4) is 17.2 Å². The fourth-order valence-corrected chi connectivity index (χ4v) is 3.75. The largest absolute Gasteiger partial charge is 0.496 e. The van der Waals surface area contributed by atoms with Crippen LogP contribution in [0, 0.1) is 0 Å². The van der Waals surface area contributed by atoms with Crippen LogP contribution in [0.3, 0.4) is 0 Å². The number of ether oxygens (including phenoxy) is 2. The zero-order valence-corrected chi connectivity index (χ0v) is 17.8. The molecule has 0 atom stereocenters. The Morgan fingerprint density at radius 1 is 0.900 bits per heavy atom. The summed E-state index contributed by atoms with van der Waals surface area (Å²) in [6.45, 7) is 2.22. The van der Waals surface area contributed by atoms with Gasteiger partial charge in [0.2, 0.25) is 0 Å². The van der Waals surface area contributed by atoms with E-state index in [9.17, 15) is 0 Å². The van der Waals surface area contributed by atoms with Gasteiger partial charge >= 0.3 is 0 Å². The summed E-state index contributed by atoms with van der Waals surface area (Å²) in [7, 11) is 1.70. The first-order chi connectivity index (χ1) is 14.7. The Balaban J connectivity index is 1.45. The molecule has 0 radical (unpaired) electrons. The number of methoxy groups -OCH3 is 1. The van der Waals surface area contributed by atoms with E-state index in [1.54, 1.807) is 13.2 Å². The van der Waals surface area contributed by atoms with E-state index in [2.05, 4.69) is 28.1 Å². The molecule has 0 spiro atoms. The predicted molar refractivity (Wildman–Crippen MR) is 124 cm³/mol. The number of aliphatic imine (C=N–C) groups is 1. The van der Waals surface area contributed by atoms with Gasteiger partial charge < -0.3 is 14.4 Å². The molecule has 3 aromatic carbocycles. The van der Waals surface area contributed by atoms with Crippen LogP contribution in [-0.4, -0.2) is 26.4 Å². The summed E-state index contributed by atoms with van der Waals surface area (Å²) in [4.78, 5) is 7.02. The van der Waals surface area contributed by atoms with Crippen LogP contribution in [0.2, 0.25) is 5.02 Å². The Hall–Kier alpha value is -2.98. The summed E-state index contributed by atoms with van der Waals surface area (Å²) in [5.74, 6) is 2.28. The first-order valence-electron chi connectivity index (χ1n) is 10.2. The van der Waals surface area contributed by atoms with Gasteiger partial charge in [0.1, 0.15) is 17.2 Å². The molecule has 0 bridgehead atoms. The lowest BCUT2D eigenvalue weighted by atomic mass is 10.1. The zero-order valence-electron chi connectivity index (χ0n) is 17.1. The summed E-state index contributed by atoms with van der Waals surface area (Å²) in [6, 6.07) is 21.3. The van der Waals surface area contributed by atoms with Gasteiger partial charge in [0.25, 0.3) is 0 Å². The second-order valence-electron chi connectivity index (χ2n) is 7.29. The highest BCUT2D eigenvalue weighted by atomic mass is 35.5. The van der Waals surface area contributed by atoms with Gasteiger partial charge in [-0.25, -0.2) is 0 Å². The second-order valence-corrected chi connectivity index (χ2v) is 7.72. The molecule has 154 valence electrons. The molecule has 0 saturated carbocycles. The smallest absolute Gasteiger partial charge is 0.129 e. The van der Waals surface area contributed by atoms with Gasteiger partial charge in [0.05, 0.1) is 12.8 Å². The van der Waals surface area contributed by atoms with E-state index in [4.69, 9.17) is 21.1 Å². The Bertz CT molecular complexity index is 1010. The topological polar surface area (TPSA) is 34.1 Å². The third-order valence-corrected chi connectivity index (χ3v) is 5.39. The number of rotatable bonds is 6. The van der Waals surface area contributed by atoms with Crippen molar-refractivity contribution in [1.82, 2.24) is 0 Å². The van der Waals surface area contributed by atoms with E-state index >= 15 is 0 Å². The van der Waals surface area contributed by atoms with E-state index < -0.39 is 0 Å². The van der Waals surface area contributed by atoms with E-state index in [0.717, 1.165) is 35.8 Å². The highest BCUT2D eigenvalue weighted by Crippen LogP contribution is 2.28. The lowest BCUT2D eigenvalue weighted by molar-refractivity contribution is 0.414. The van der Waals surface area contributed by atoms with E-state index in [1.165, 1.54) is 24.9 Å². The van der Waals surface area contributed by atoms with Gasteiger partial charge in [-0.05, 0) is 73.9 Å². The highest BCUT2D eigenvalue weighted by Gasteiger charge is 2.12. The van der Waals surface area contributed by atoms with Crippen molar-refractivity contribution in [2.45, 2.75) is 19.3 Å². The average molecular weight is 421 g/mol.